The van der Waals surface area contributed by atoms with Crippen molar-refractivity contribution in [3.63, 3.8) is 0 Å². The van der Waals surface area contributed by atoms with Crippen LogP contribution >= 0.6 is 0 Å². The second-order valence-corrected chi connectivity index (χ2v) is 5.35. The Morgan fingerprint density at radius 2 is 2.11 bits per heavy atom. The first-order chi connectivity index (χ1) is 8.49. The number of nitrogens with zero attached hydrogens (tertiary/aromatic N) is 2. The molecule has 1 atom stereocenters. The van der Waals surface area contributed by atoms with Crippen LogP contribution in [-0.4, -0.2) is 35.0 Å². The molecule has 100 valence electrons. The minimum Gasteiger partial charge on any atom is -0.352 e. The van der Waals surface area contributed by atoms with Gasteiger partial charge >= 0.3 is 0 Å². The normalized spacial score (nSPS) is 20.6. The van der Waals surface area contributed by atoms with Gasteiger partial charge in [-0.15, -0.1) is 0 Å². The van der Waals surface area contributed by atoms with Gasteiger partial charge in [0.15, 0.2) is 0 Å². The van der Waals surface area contributed by atoms with Crippen molar-refractivity contribution in [1.29, 1.82) is 0 Å². The summed E-state index contributed by atoms with van der Waals surface area (Å²) in [5.74, 6) is 0.264. The third-order valence-electron chi connectivity index (χ3n) is 4.09. The number of amides is 1. The zero-order valence-electron chi connectivity index (χ0n) is 11.8. The summed E-state index contributed by atoms with van der Waals surface area (Å²) in [7, 11) is 3.98. The molecule has 2 rings (SSSR count). The smallest absolute Gasteiger partial charge is 0.222 e. The van der Waals surface area contributed by atoms with Crippen LogP contribution in [0.1, 0.15) is 29.8 Å². The van der Waals surface area contributed by atoms with E-state index in [1.54, 1.807) is 0 Å². The van der Waals surface area contributed by atoms with Gasteiger partial charge in [-0.25, -0.2) is 0 Å². The first-order valence-corrected chi connectivity index (χ1v) is 6.58. The standard InChI is InChI=1S/C14H23N3O/c1-10-7-12(11(2)17(10)4)8-15-13-5-6-14(18)16(3)9-13/h7,13,15H,5-6,8-9H2,1-4H3. The number of likely N-dealkylation sites (N-methyl/N-ethyl adjacent to an activating group) is 1. The monoisotopic (exact) mass is 249 g/mol. The lowest BCUT2D eigenvalue weighted by molar-refractivity contribution is -0.132. The number of likely N-dealkylation sites (tertiary alicyclic amines) is 1. The van der Waals surface area contributed by atoms with Gasteiger partial charge in [-0.2, -0.15) is 0 Å². The molecule has 0 aliphatic carbocycles. The topological polar surface area (TPSA) is 37.3 Å². The largest absolute Gasteiger partial charge is 0.352 e. The zero-order chi connectivity index (χ0) is 13.3. The van der Waals surface area contributed by atoms with E-state index in [4.69, 9.17) is 0 Å². The highest BCUT2D eigenvalue weighted by atomic mass is 16.2. The van der Waals surface area contributed by atoms with Gasteiger partial charge in [0.05, 0.1) is 0 Å². The second-order valence-electron chi connectivity index (χ2n) is 5.35. The van der Waals surface area contributed by atoms with Crippen LogP contribution in [-0.2, 0) is 18.4 Å². The molecule has 0 spiro atoms. The Bertz CT molecular complexity index is 450. The van der Waals surface area contributed by atoms with Crippen LogP contribution in [0.4, 0.5) is 0 Å². The lowest BCUT2D eigenvalue weighted by atomic mass is 10.1. The Morgan fingerprint density at radius 1 is 1.39 bits per heavy atom. The predicted molar refractivity (Wildman–Crippen MR) is 72.4 cm³/mol. The van der Waals surface area contributed by atoms with Gasteiger partial charge in [0.25, 0.3) is 0 Å². The lowest BCUT2D eigenvalue weighted by Crippen LogP contribution is -2.46. The van der Waals surface area contributed by atoms with Crippen molar-refractivity contribution >= 4 is 5.91 Å². The summed E-state index contributed by atoms with van der Waals surface area (Å²) in [5.41, 5.74) is 3.97. The van der Waals surface area contributed by atoms with Crippen LogP contribution < -0.4 is 5.32 Å². The maximum absolute atomic E-state index is 11.4. The summed E-state index contributed by atoms with van der Waals surface area (Å²) in [6.45, 7) is 5.99. The predicted octanol–water partition coefficient (Wildman–Crippen LogP) is 1.35. The highest BCUT2D eigenvalue weighted by Crippen LogP contribution is 2.15. The molecule has 4 nitrogen and oxygen atoms in total. The van der Waals surface area contributed by atoms with Crippen LogP contribution in [0.15, 0.2) is 6.07 Å². The molecule has 1 N–H and O–H groups in total. The number of rotatable bonds is 3. The minimum atomic E-state index is 0.264. The number of aryl methyl sites for hydroxylation is 1. The number of hydrogen-bond donors (Lipinski definition) is 1. The number of piperidine rings is 1. The molecule has 1 amide bonds. The van der Waals surface area contributed by atoms with Crippen molar-refractivity contribution < 1.29 is 4.79 Å². The number of carbonyl (C=O) groups is 1. The van der Waals surface area contributed by atoms with E-state index in [0.717, 1.165) is 19.5 Å². The second kappa shape index (κ2) is 5.14. The molecule has 0 saturated carbocycles. The molecule has 4 heteroatoms. The van der Waals surface area contributed by atoms with Crippen molar-refractivity contribution in [3.8, 4) is 0 Å². The Kier molecular flexibility index (Phi) is 3.76. The Morgan fingerprint density at radius 3 is 2.67 bits per heavy atom. The van der Waals surface area contributed by atoms with E-state index in [1.807, 2.05) is 11.9 Å². The fourth-order valence-corrected chi connectivity index (χ4v) is 2.55. The average molecular weight is 249 g/mol. The van der Waals surface area contributed by atoms with Gasteiger partial charge in [-0.1, -0.05) is 0 Å². The molecule has 1 aliphatic heterocycles. The van der Waals surface area contributed by atoms with Gasteiger partial charge in [0.2, 0.25) is 5.91 Å². The van der Waals surface area contributed by atoms with E-state index in [2.05, 4.69) is 36.8 Å². The maximum atomic E-state index is 11.4. The van der Waals surface area contributed by atoms with Gasteiger partial charge in [-0.3, -0.25) is 4.79 Å². The molecule has 1 fully saturated rings. The van der Waals surface area contributed by atoms with Crippen molar-refractivity contribution in [1.82, 2.24) is 14.8 Å². The van der Waals surface area contributed by atoms with Crippen molar-refractivity contribution in [2.24, 2.45) is 7.05 Å². The quantitative estimate of drug-likeness (QED) is 0.878. The number of nitrogens with one attached hydrogen (secondary N) is 1. The number of carbonyl (C=O) groups excluding carboxylic acids is 1. The third kappa shape index (κ3) is 2.58. The van der Waals surface area contributed by atoms with E-state index >= 15 is 0 Å². The minimum absolute atomic E-state index is 0.264. The highest BCUT2D eigenvalue weighted by molar-refractivity contribution is 5.76. The summed E-state index contributed by atoms with van der Waals surface area (Å²) in [6.07, 6.45) is 1.62. The van der Waals surface area contributed by atoms with E-state index in [9.17, 15) is 4.79 Å². The first-order valence-electron chi connectivity index (χ1n) is 6.58. The average Bonchev–Trinajstić information content (AvgIpc) is 2.58. The van der Waals surface area contributed by atoms with E-state index < -0.39 is 0 Å². The van der Waals surface area contributed by atoms with Crippen LogP contribution in [0.5, 0.6) is 0 Å². The van der Waals surface area contributed by atoms with E-state index in [1.165, 1.54) is 17.0 Å². The highest BCUT2D eigenvalue weighted by Gasteiger charge is 2.22. The maximum Gasteiger partial charge on any atom is 0.222 e. The fraction of sp³-hybridized carbons (Fsp3) is 0.643. The summed E-state index contributed by atoms with van der Waals surface area (Å²) >= 11 is 0. The molecular formula is C14H23N3O. The van der Waals surface area contributed by atoms with Gasteiger partial charge in [-0.05, 0) is 31.9 Å². The summed E-state index contributed by atoms with van der Waals surface area (Å²) < 4.78 is 2.22. The van der Waals surface area contributed by atoms with E-state index in [0.29, 0.717) is 12.5 Å². The third-order valence-corrected chi connectivity index (χ3v) is 4.09. The molecule has 1 aromatic heterocycles. The molecule has 0 bridgehead atoms. The molecule has 18 heavy (non-hydrogen) atoms. The molecule has 1 aliphatic rings. The van der Waals surface area contributed by atoms with Crippen molar-refractivity contribution in [2.45, 2.75) is 39.3 Å². The Labute approximate surface area is 109 Å². The number of hydrogen-bond acceptors (Lipinski definition) is 2. The van der Waals surface area contributed by atoms with Crippen LogP contribution in [0.2, 0.25) is 0 Å². The van der Waals surface area contributed by atoms with Crippen molar-refractivity contribution in [2.75, 3.05) is 13.6 Å². The lowest BCUT2D eigenvalue weighted by Gasteiger charge is -2.30. The Balaban J connectivity index is 1.92. The summed E-state index contributed by atoms with van der Waals surface area (Å²) in [6, 6.07) is 2.66. The molecule has 0 aromatic carbocycles. The molecule has 1 unspecified atom stereocenters. The summed E-state index contributed by atoms with van der Waals surface area (Å²) in [5, 5.41) is 3.56. The summed E-state index contributed by atoms with van der Waals surface area (Å²) in [4.78, 5) is 13.2. The molecule has 2 heterocycles. The number of aromatic nitrogens is 1. The van der Waals surface area contributed by atoms with Crippen molar-refractivity contribution in [3.05, 3.63) is 23.0 Å². The van der Waals surface area contributed by atoms with Gasteiger partial charge in [0.1, 0.15) is 0 Å². The Hall–Kier alpha value is -1.29. The molecule has 1 aromatic rings. The van der Waals surface area contributed by atoms with Gasteiger partial charge in [0, 0.05) is 51.0 Å². The fourth-order valence-electron chi connectivity index (χ4n) is 2.55. The van der Waals surface area contributed by atoms with E-state index in [-0.39, 0.29) is 5.91 Å². The van der Waals surface area contributed by atoms with Crippen LogP contribution in [0.25, 0.3) is 0 Å². The first kappa shape index (κ1) is 13.1. The molecule has 0 radical (unpaired) electrons. The molecule has 1 saturated heterocycles. The van der Waals surface area contributed by atoms with Crippen LogP contribution in [0, 0.1) is 13.8 Å². The molecular weight excluding hydrogens is 226 g/mol. The SMILES string of the molecule is Cc1cc(CNC2CCC(=O)N(C)C2)c(C)n1C. The van der Waals surface area contributed by atoms with Crippen LogP contribution in [0.3, 0.4) is 0 Å². The zero-order valence-corrected chi connectivity index (χ0v) is 11.8. The van der Waals surface area contributed by atoms with Gasteiger partial charge < -0.3 is 14.8 Å².